The lowest BCUT2D eigenvalue weighted by atomic mass is 10.1. The molecule has 0 heterocycles. The number of esters is 1. The predicted octanol–water partition coefficient (Wildman–Crippen LogP) is 3.83. The first kappa shape index (κ1) is 18.3. The lowest BCUT2D eigenvalue weighted by Gasteiger charge is -2.08. The van der Waals surface area contributed by atoms with Crippen molar-refractivity contribution in [3.63, 3.8) is 0 Å². The van der Waals surface area contributed by atoms with Crippen molar-refractivity contribution in [2.75, 3.05) is 19.0 Å². The van der Waals surface area contributed by atoms with Crippen molar-refractivity contribution in [2.45, 2.75) is 13.8 Å². The number of carbonyl (C=O) groups is 2. The average molecular weight is 339 g/mol. The Bertz CT molecular complexity index is 779. The van der Waals surface area contributed by atoms with Crippen LogP contribution in [0.1, 0.15) is 28.4 Å². The number of aryl methyl sites for hydroxylation is 1. The van der Waals surface area contributed by atoms with Gasteiger partial charge in [-0.1, -0.05) is 12.1 Å². The maximum absolute atomic E-state index is 12.1. The summed E-state index contributed by atoms with van der Waals surface area (Å²) in [6, 6.07) is 12.4. The lowest BCUT2D eigenvalue weighted by molar-refractivity contribution is -0.111. The second kappa shape index (κ2) is 8.68. The van der Waals surface area contributed by atoms with Crippen LogP contribution in [-0.4, -0.2) is 25.6 Å². The van der Waals surface area contributed by atoms with E-state index in [2.05, 4.69) is 5.32 Å². The Kier molecular flexibility index (Phi) is 6.34. The summed E-state index contributed by atoms with van der Waals surface area (Å²) in [6.45, 7) is 3.91. The van der Waals surface area contributed by atoms with Crippen molar-refractivity contribution in [3.05, 3.63) is 65.2 Å². The minimum Gasteiger partial charge on any atom is -0.497 e. The van der Waals surface area contributed by atoms with E-state index in [1.807, 2.05) is 31.2 Å². The number of methoxy groups -OCH3 is 1. The summed E-state index contributed by atoms with van der Waals surface area (Å²) < 4.78 is 10.1. The standard InChI is InChI=1S/C20H21NO4/c1-4-25-20(23)16-8-11-18(14(2)13-16)21-19(22)12-7-15-5-9-17(24-3)10-6-15/h5-13H,4H2,1-3H3,(H,21,22)/b12-7+. The normalized spacial score (nSPS) is 10.5. The van der Waals surface area contributed by atoms with E-state index in [0.717, 1.165) is 16.9 Å². The molecular weight excluding hydrogens is 318 g/mol. The number of benzene rings is 2. The first-order valence-electron chi connectivity index (χ1n) is 7.94. The first-order chi connectivity index (χ1) is 12.0. The summed E-state index contributed by atoms with van der Waals surface area (Å²) in [5.41, 5.74) is 2.80. The molecule has 2 rings (SSSR count). The fourth-order valence-corrected chi connectivity index (χ4v) is 2.21. The highest BCUT2D eigenvalue weighted by atomic mass is 16.5. The summed E-state index contributed by atoms with van der Waals surface area (Å²) in [7, 11) is 1.61. The molecule has 1 amide bonds. The van der Waals surface area contributed by atoms with Crippen molar-refractivity contribution >= 4 is 23.6 Å². The van der Waals surface area contributed by atoms with E-state index < -0.39 is 0 Å². The van der Waals surface area contributed by atoms with Gasteiger partial charge in [0.05, 0.1) is 19.3 Å². The van der Waals surface area contributed by atoms with Gasteiger partial charge in [-0.15, -0.1) is 0 Å². The minimum atomic E-state index is -0.372. The number of carbonyl (C=O) groups excluding carboxylic acids is 2. The number of rotatable bonds is 6. The van der Waals surface area contributed by atoms with Crippen LogP contribution >= 0.6 is 0 Å². The molecule has 130 valence electrons. The van der Waals surface area contributed by atoms with Crippen LogP contribution in [0.3, 0.4) is 0 Å². The molecule has 5 nitrogen and oxygen atoms in total. The number of nitrogens with one attached hydrogen (secondary N) is 1. The third-order valence-corrected chi connectivity index (χ3v) is 3.54. The van der Waals surface area contributed by atoms with Crippen LogP contribution < -0.4 is 10.1 Å². The maximum Gasteiger partial charge on any atom is 0.338 e. The van der Waals surface area contributed by atoms with E-state index in [1.54, 1.807) is 38.3 Å². The van der Waals surface area contributed by atoms with E-state index in [4.69, 9.17) is 9.47 Å². The molecule has 1 N–H and O–H groups in total. The quantitative estimate of drug-likeness (QED) is 0.642. The van der Waals surface area contributed by atoms with Gasteiger partial charge in [-0.05, 0) is 61.4 Å². The van der Waals surface area contributed by atoms with Gasteiger partial charge < -0.3 is 14.8 Å². The van der Waals surface area contributed by atoms with E-state index in [-0.39, 0.29) is 11.9 Å². The van der Waals surface area contributed by atoms with Crippen molar-refractivity contribution in [3.8, 4) is 5.75 Å². The summed E-state index contributed by atoms with van der Waals surface area (Å²) in [4.78, 5) is 23.8. The predicted molar refractivity (Wildman–Crippen MR) is 97.8 cm³/mol. The van der Waals surface area contributed by atoms with Gasteiger partial charge in [0.1, 0.15) is 5.75 Å². The molecule has 0 aromatic heterocycles. The highest BCUT2D eigenvalue weighted by Crippen LogP contribution is 2.18. The smallest absolute Gasteiger partial charge is 0.338 e. The molecule has 0 atom stereocenters. The van der Waals surface area contributed by atoms with Gasteiger partial charge in [0.2, 0.25) is 5.91 Å². The van der Waals surface area contributed by atoms with E-state index in [9.17, 15) is 9.59 Å². The third kappa shape index (κ3) is 5.21. The van der Waals surface area contributed by atoms with Gasteiger partial charge in [0.15, 0.2) is 0 Å². The Labute approximate surface area is 147 Å². The molecule has 0 radical (unpaired) electrons. The SMILES string of the molecule is CCOC(=O)c1ccc(NC(=O)/C=C/c2ccc(OC)cc2)c(C)c1. The zero-order valence-corrected chi connectivity index (χ0v) is 14.5. The number of anilines is 1. The van der Waals surface area contributed by atoms with Gasteiger partial charge in [-0.2, -0.15) is 0 Å². The average Bonchev–Trinajstić information content (AvgIpc) is 2.62. The highest BCUT2D eigenvalue weighted by Gasteiger charge is 2.09. The molecule has 0 aliphatic rings. The van der Waals surface area contributed by atoms with Crippen molar-refractivity contribution in [1.82, 2.24) is 0 Å². The van der Waals surface area contributed by atoms with Gasteiger partial charge >= 0.3 is 5.97 Å². The Balaban J connectivity index is 2.02. The fraction of sp³-hybridized carbons (Fsp3) is 0.200. The van der Waals surface area contributed by atoms with Crippen LogP contribution in [0.25, 0.3) is 6.08 Å². The zero-order valence-electron chi connectivity index (χ0n) is 14.5. The van der Waals surface area contributed by atoms with E-state index >= 15 is 0 Å². The monoisotopic (exact) mass is 339 g/mol. The van der Waals surface area contributed by atoms with Crippen LogP contribution in [0, 0.1) is 6.92 Å². The number of hydrogen-bond donors (Lipinski definition) is 1. The number of ether oxygens (including phenoxy) is 2. The summed E-state index contributed by atoms with van der Waals surface area (Å²) in [5, 5.41) is 2.80. The number of hydrogen-bond acceptors (Lipinski definition) is 4. The summed E-state index contributed by atoms with van der Waals surface area (Å²) in [5.74, 6) is 0.143. The Morgan fingerprint density at radius 2 is 1.84 bits per heavy atom. The molecule has 5 heteroatoms. The molecule has 2 aromatic rings. The Hall–Kier alpha value is -3.08. The molecule has 2 aromatic carbocycles. The van der Waals surface area contributed by atoms with Gasteiger partial charge in [0, 0.05) is 11.8 Å². The van der Waals surface area contributed by atoms with Gasteiger partial charge in [0.25, 0.3) is 0 Å². The Morgan fingerprint density at radius 3 is 2.44 bits per heavy atom. The van der Waals surface area contributed by atoms with Gasteiger partial charge in [-0.3, -0.25) is 4.79 Å². The van der Waals surface area contributed by atoms with Crippen LogP contribution in [0.2, 0.25) is 0 Å². The molecule has 0 unspecified atom stereocenters. The summed E-state index contributed by atoms with van der Waals surface area (Å²) in [6.07, 6.45) is 3.18. The van der Waals surface area contributed by atoms with E-state index in [1.165, 1.54) is 6.08 Å². The maximum atomic E-state index is 12.1. The highest BCUT2D eigenvalue weighted by molar-refractivity contribution is 6.02. The molecule has 0 spiro atoms. The van der Waals surface area contributed by atoms with Crippen LogP contribution in [-0.2, 0) is 9.53 Å². The molecular formula is C20H21NO4. The lowest BCUT2D eigenvalue weighted by Crippen LogP contribution is -2.10. The number of amides is 1. The molecule has 0 bridgehead atoms. The molecule has 25 heavy (non-hydrogen) atoms. The van der Waals surface area contributed by atoms with Crippen LogP contribution in [0.5, 0.6) is 5.75 Å². The van der Waals surface area contributed by atoms with Crippen LogP contribution in [0.15, 0.2) is 48.5 Å². The largest absolute Gasteiger partial charge is 0.497 e. The van der Waals surface area contributed by atoms with Crippen molar-refractivity contribution < 1.29 is 19.1 Å². The second-order valence-electron chi connectivity index (χ2n) is 5.35. The molecule has 0 aliphatic heterocycles. The molecule has 0 saturated carbocycles. The first-order valence-corrected chi connectivity index (χ1v) is 7.94. The zero-order chi connectivity index (χ0) is 18.2. The van der Waals surface area contributed by atoms with Crippen molar-refractivity contribution in [2.24, 2.45) is 0 Å². The van der Waals surface area contributed by atoms with Crippen LogP contribution in [0.4, 0.5) is 5.69 Å². The third-order valence-electron chi connectivity index (χ3n) is 3.54. The van der Waals surface area contributed by atoms with E-state index in [0.29, 0.717) is 17.9 Å². The fourth-order valence-electron chi connectivity index (χ4n) is 2.21. The Morgan fingerprint density at radius 1 is 1.12 bits per heavy atom. The van der Waals surface area contributed by atoms with Gasteiger partial charge in [-0.25, -0.2) is 4.79 Å². The molecule has 0 fully saturated rings. The topological polar surface area (TPSA) is 64.6 Å². The molecule has 0 saturated heterocycles. The molecule has 0 aliphatic carbocycles. The minimum absolute atomic E-state index is 0.247. The second-order valence-corrected chi connectivity index (χ2v) is 5.35. The van der Waals surface area contributed by atoms with Crippen molar-refractivity contribution in [1.29, 1.82) is 0 Å². The summed E-state index contributed by atoms with van der Waals surface area (Å²) >= 11 is 0.